The number of nitro groups is 1. The SMILES string of the molecule is C=CCN(CCO)c1cc(F)c(Cl)cc1[N+](=O)[O-]. The molecule has 5 nitrogen and oxygen atoms in total. The first-order chi connectivity index (χ1) is 8.51. The van der Waals surface area contributed by atoms with Crippen molar-refractivity contribution in [1.82, 2.24) is 0 Å². The summed E-state index contributed by atoms with van der Waals surface area (Å²) in [6.45, 7) is 3.68. The molecule has 7 heteroatoms. The quantitative estimate of drug-likeness (QED) is 0.491. The highest BCUT2D eigenvalue weighted by molar-refractivity contribution is 6.31. The monoisotopic (exact) mass is 274 g/mol. The van der Waals surface area contributed by atoms with Crippen LogP contribution in [-0.2, 0) is 0 Å². The zero-order valence-electron chi connectivity index (χ0n) is 9.47. The van der Waals surface area contributed by atoms with Gasteiger partial charge in [0.25, 0.3) is 5.69 Å². The van der Waals surface area contributed by atoms with Gasteiger partial charge in [-0.1, -0.05) is 17.7 Å². The molecule has 0 saturated heterocycles. The minimum Gasteiger partial charge on any atom is -0.395 e. The van der Waals surface area contributed by atoms with Gasteiger partial charge >= 0.3 is 0 Å². The molecule has 0 aliphatic carbocycles. The third kappa shape index (κ3) is 3.18. The van der Waals surface area contributed by atoms with Gasteiger partial charge in [-0.25, -0.2) is 4.39 Å². The summed E-state index contributed by atoms with van der Waals surface area (Å²) in [5.74, 6) is -0.746. The van der Waals surface area contributed by atoms with Crippen LogP contribution in [0.25, 0.3) is 0 Å². The highest BCUT2D eigenvalue weighted by atomic mass is 35.5. The van der Waals surface area contributed by atoms with E-state index in [9.17, 15) is 14.5 Å². The third-order valence-corrected chi connectivity index (χ3v) is 2.56. The van der Waals surface area contributed by atoms with Crippen molar-refractivity contribution in [2.75, 3.05) is 24.6 Å². The number of hydrogen-bond donors (Lipinski definition) is 1. The summed E-state index contributed by atoms with van der Waals surface area (Å²) < 4.78 is 13.4. The number of aliphatic hydroxyl groups is 1. The summed E-state index contributed by atoms with van der Waals surface area (Å²) in [5, 5.41) is 19.5. The predicted octanol–water partition coefficient (Wildman–Crippen LogP) is 2.37. The standard InChI is InChI=1S/C11H12ClFN2O3/c1-2-3-14(4-5-16)10-7-9(13)8(12)6-11(10)15(17)18/h2,6-7,16H,1,3-5H2. The number of anilines is 1. The molecule has 18 heavy (non-hydrogen) atoms. The van der Waals surface area contributed by atoms with Crippen LogP contribution in [0.4, 0.5) is 15.8 Å². The number of benzene rings is 1. The summed E-state index contributed by atoms with van der Waals surface area (Å²) in [7, 11) is 0. The summed E-state index contributed by atoms with van der Waals surface area (Å²) >= 11 is 5.52. The molecule has 0 aliphatic rings. The van der Waals surface area contributed by atoms with Gasteiger partial charge in [0.05, 0.1) is 16.6 Å². The van der Waals surface area contributed by atoms with Gasteiger partial charge in [-0.2, -0.15) is 0 Å². The molecule has 0 atom stereocenters. The lowest BCUT2D eigenvalue weighted by Crippen LogP contribution is -2.27. The zero-order valence-corrected chi connectivity index (χ0v) is 10.2. The molecule has 1 aromatic rings. The van der Waals surface area contributed by atoms with Gasteiger partial charge in [0.15, 0.2) is 0 Å². The molecule has 98 valence electrons. The Morgan fingerprint density at radius 1 is 1.61 bits per heavy atom. The molecular formula is C11H12ClFN2O3. The van der Waals surface area contributed by atoms with E-state index in [1.807, 2.05) is 0 Å². The molecule has 0 amide bonds. The molecule has 0 spiro atoms. The van der Waals surface area contributed by atoms with E-state index in [-0.39, 0.29) is 36.1 Å². The van der Waals surface area contributed by atoms with Crippen LogP contribution in [0.5, 0.6) is 0 Å². The topological polar surface area (TPSA) is 66.6 Å². The summed E-state index contributed by atoms with van der Waals surface area (Å²) in [5.41, 5.74) is -0.243. The first-order valence-electron chi connectivity index (χ1n) is 5.11. The molecule has 1 rings (SSSR count). The Balaban J connectivity index is 3.29. The molecule has 0 heterocycles. The maximum absolute atomic E-state index is 13.4. The van der Waals surface area contributed by atoms with Gasteiger partial charge in [0, 0.05) is 25.2 Å². The fourth-order valence-corrected chi connectivity index (χ4v) is 1.67. The second-order valence-electron chi connectivity index (χ2n) is 3.47. The summed E-state index contributed by atoms with van der Waals surface area (Å²) in [4.78, 5) is 11.7. The predicted molar refractivity (Wildman–Crippen MR) is 67.6 cm³/mol. The van der Waals surface area contributed by atoms with Crippen LogP contribution < -0.4 is 4.90 Å². The Morgan fingerprint density at radius 3 is 2.78 bits per heavy atom. The zero-order chi connectivity index (χ0) is 13.7. The Kier molecular flexibility index (Phi) is 5.06. The molecule has 1 aromatic carbocycles. The molecule has 0 unspecified atom stereocenters. The lowest BCUT2D eigenvalue weighted by Gasteiger charge is -2.22. The molecule has 0 saturated carbocycles. The van der Waals surface area contributed by atoms with Crippen LogP contribution in [0.2, 0.25) is 5.02 Å². The van der Waals surface area contributed by atoms with Crippen molar-refractivity contribution < 1.29 is 14.4 Å². The molecule has 1 N–H and O–H groups in total. The van der Waals surface area contributed by atoms with Crippen LogP contribution in [0, 0.1) is 15.9 Å². The van der Waals surface area contributed by atoms with E-state index >= 15 is 0 Å². The van der Waals surface area contributed by atoms with E-state index in [0.29, 0.717) is 0 Å². The maximum atomic E-state index is 13.4. The number of halogens is 2. The van der Waals surface area contributed by atoms with Gasteiger partial charge in [-0.3, -0.25) is 10.1 Å². The average molecular weight is 275 g/mol. The van der Waals surface area contributed by atoms with E-state index in [4.69, 9.17) is 16.7 Å². The number of aliphatic hydroxyl groups excluding tert-OH is 1. The van der Waals surface area contributed by atoms with E-state index in [1.54, 1.807) is 0 Å². The molecule has 0 aliphatic heterocycles. The van der Waals surface area contributed by atoms with Gasteiger partial charge in [0.2, 0.25) is 0 Å². The van der Waals surface area contributed by atoms with Gasteiger partial charge in [-0.05, 0) is 0 Å². The van der Waals surface area contributed by atoms with Crippen LogP contribution in [-0.4, -0.2) is 29.7 Å². The van der Waals surface area contributed by atoms with Crippen molar-refractivity contribution in [3.63, 3.8) is 0 Å². The highest BCUT2D eigenvalue weighted by Gasteiger charge is 2.21. The van der Waals surface area contributed by atoms with Crippen molar-refractivity contribution in [3.8, 4) is 0 Å². The molecule has 0 radical (unpaired) electrons. The number of nitrogens with zero attached hydrogens (tertiary/aromatic N) is 2. The van der Waals surface area contributed by atoms with Crippen LogP contribution >= 0.6 is 11.6 Å². The van der Waals surface area contributed by atoms with Crippen molar-refractivity contribution in [2.24, 2.45) is 0 Å². The fraction of sp³-hybridized carbons (Fsp3) is 0.273. The average Bonchev–Trinajstić information content (AvgIpc) is 2.31. The third-order valence-electron chi connectivity index (χ3n) is 2.27. The van der Waals surface area contributed by atoms with Crippen LogP contribution in [0.15, 0.2) is 24.8 Å². The first-order valence-corrected chi connectivity index (χ1v) is 5.49. The van der Waals surface area contributed by atoms with Gasteiger partial charge < -0.3 is 10.0 Å². The Bertz CT molecular complexity index is 468. The fourth-order valence-electron chi connectivity index (χ4n) is 1.51. The summed E-state index contributed by atoms with van der Waals surface area (Å²) in [6.07, 6.45) is 1.51. The molecule has 0 aromatic heterocycles. The highest BCUT2D eigenvalue weighted by Crippen LogP contribution is 2.33. The van der Waals surface area contributed by atoms with Gasteiger partial charge in [-0.15, -0.1) is 6.58 Å². The lowest BCUT2D eigenvalue weighted by atomic mass is 10.2. The number of hydrogen-bond acceptors (Lipinski definition) is 4. The van der Waals surface area contributed by atoms with Crippen LogP contribution in [0.1, 0.15) is 0 Å². The molecule has 0 bridgehead atoms. The Morgan fingerprint density at radius 2 is 2.28 bits per heavy atom. The van der Waals surface area contributed by atoms with Crippen molar-refractivity contribution in [2.45, 2.75) is 0 Å². The molecule has 0 fully saturated rings. The largest absolute Gasteiger partial charge is 0.395 e. The minimum atomic E-state index is -0.746. The first kappa shape index (κ1) is 14.4. The van der Waals surface area contributed by atoms with E-state index in [0.717, 1.165) is 12.1 Å². The van der Waals surface area contributed by atoms with E-state index in [2.05, 4.69) is 6.58 Å². The minimum absolute atomic E-state index is 0.0656. The van der Waals surface area contributed by atoms with Crippen LogP contribution in [0.3, 0.4) is 0 Å². The second kappa shape index (κ2) is 6.32. The normalized spacial score (nSPS) is 10.2. The second-order valence-corrected chi connectivity index (χ2v) is 3.88. The van der Waals surface area contributed by atoms with E-state index < -0.39 is 10.7 Å². The maximum Gasteiger partial charge on any atom is 0.294 e. The Hall–Kier alpha value is -1.66. The number of nitro benzene ring substituents is 1. The van der Waals surface area contributed by atoms with Crippen molar-refractivity contribution in [1.29, 1.82) is 0 Å². The summed E-state index contributed by atoms with van der Waals surface area (Å²) in [6, 6.07) is 1.94. The lowest BCUT2D eigenvalue weighted by molar-refractivity contribution is -0.384. The van der Waals surface area contributed by atoms with E-state index in [1.165, 1.54) is 11.0 Å². The smallest absolute Gasteiger partial charge is 0.294 e. The molecular weight excluding hydrogens is 263 g/mol. The van der Waals surface area contributed by atoms with Gasteiger partial charge in [0.1, 0.15) is 11.5 Å². The van der Waals surface area contributed by atoms with Crippen molar-refractivity contribution >= 4 is 23.0 Å². The Labute approximate surface area is 108 Å². The van der Waals surface area contributed by atoms with Crippen molar-refractivity contribution in [3.05, 3.63) is 45.7 Å². The number of rotatable bonds is 6.